The molecule has 0 bridgehead atoms. The van der Waals surface area contributed by atoms with Crippen LogP contribution in [0.1, 0.15) is 5.56 Å². The van der Waals surface area contributed by atoms with Crippen molar-refractivity contribution >= 4 is 15.9 Å². The van der Waals surface area contributed by atoms with Gasteiger partial charge in [0.1, 0.15) is 5.75 Å². The first kappa shape index (κ1) is 14.8. The van der Waals surface area contributed by atoms with Gasteiger partial charge in [-0.3, -0.25) is 4.90 Å². The summed E-state index contributed by atoms with van der Waals surface area (Å²) in [7, 11) is 3.81. The summed E-state index contributed by atoms with van der Waals surface area (Å²) < 4.78 is 12.1. The van der Waals surface area contributed by atoms with Crippen LogP contribution >= 0.6 is 15.9 Å². The van der Waals surface area contributed by atoms with Gasteiger partial charge in [0, 0.05) is 30.7 Å². The summed E-state index contributed by atoms with van der Waals surface area (Å²) in [4.78, 5) is 2.28. The second-order valence-electron chi connectivity index (χ2n) is 4.85. The van der Waals surface area contributed by atoms with Crippen molar-refractivity contribution in [3.8, 4) is 5.75 Å². The van der Waals surface area contributed by atoms with E-state index in [-0.39, 0.29) is 6.10 Å². The fraction of sp³-hybridized carbons (Fsp3) is 0.571. The number of hydrogen-bond acceptors (Lipinski definition) is 4. The number of hydrogen-bond donors (Lipinski definition) is 1. The molecule has 1 aromatic carbocycles. The Morgan fingerprint density at radius 1 is 1.53 bits per heavy atom. The Morgan fingerprint density at radius 3 is 3.05 bits per heavy atom. The predicted molar refractivity (Wildman–Crippen MR) is 79.6 cm³/mol. The smallest absolute Gasteiger partial charge is 0.119 e. The van der Waals surface area contributed by atoms with Gasteiger partial charge in [-0.25, -0.2) is 0 Å². The third kappa shape index (κ3) is 4.45. The maximum atomic E-state index is 5.72. The van der Waals surface area contributed by atoms with Gasteiger partial charge in [0.05, 0.1) is 19.8 Å². The van der Waals surface area contributed by atoms with E-state index in [4.69, 9.17) is 9.47 Å². The van der Waals surface area contributed by atoms with Crippen molar-refractivity contribution in [1.82, 2.24) is 10.2 Å². The molecule has 5 heteroatoms. The Bertz CT molecular complexity index is 408. The first-order valence-electron chi connectivity index (χ1n) is 6.52. The van der Waals surface area contributed by atoms with Gasteiger partial charge in [-0.2, -0.15) is 0 Å². The maximum Gasteiger partial charge on any atom is 0.119 e. The number of nitrogens with zero attached hydrogens (tertiary/aromatic N) is 1. The molecule has 1 aliphatic rings. The summed E-state index contributed by atoms with van der Waals surface area (Å²) in [5.41, 5.74) is 1.23. The van der Waals surface area contributed by atoms with Gasteiger partial charge in [-0.05, 0) is 30.8 Å². The third-order valence-electron chi connectivity index (χ3n) is 3.21. The van der Waals surface area contributed by atoms with Crippen LogP contribution in [-0.4, -0.2) is 51.4 Å². The number of likely N-dealkylation sites (N-methyl/N-ethyl adjacent to an activating group) is 1. The van der Waals surface area contributed by atoms with E-state index in [0.29, 0.717) is 0 Å². The van der Waals surface area contributed by atoms with Crippen LogP contribution in [0.25, 0.3) is 0 Å². The summed E-state index contributed by atoms with van der Waals surface area (Å²) in [6.45, 7) is 4.50. The second-order valence-corrected chi connectivity index (χ2v) is 5.71. The van der Waals surface area contributed by atoms with Crippen molar-refractivity contribution in [3.63, 3.8) is 0 Å². The summed E-state index contributed by atoms with van der Waals surface area (Å²) in [6, 6.07) is 6.06. The van der Waals surface area contributed by atoms with E-state index in [1.807, 2.05) is 12.1 Å². The first-order valence-corrected chi connectivity index (χ1v) is 7.31. The molecule has 1 unspecified atom stereocenters. The van der Waals surface area contributed by atoms with Gasteiger partial charge < -0.3 is 14.8 Å². The lowest BCUT2D eigenvalue weighted by molar-refractivity contribution is 0.00881. The molecule has 106 valence electrons. The molecule has 1 fully saturated rings. The van der Waals surface area contributed by atoms with Crippen LogP contribution in [0.3, 0.4) is 0 Å². The normalized spacial score (nSPS) is 19.7. The molecule has 1 aliphatic heterocycles. The third-order valence-corrected chi connectivity index (χ3v) is 3.99. The molecule has 0 aliphatic carbocycles. The average molecular weight is 329 g/mol. The van der Waals surface area contributed by atoms with Gasteiger partial charge in [0.2, 0.25) is 0 Å². The number of morpholine rings is 1. The van der Waals surface area contributed by atoms with Gasteiger partial charge in [-0.1, -0.05) is 15.9 Å². The Kier molecular flexibility index (Phi) is 5.63. The van der Waals surface area contributed by atoms with Crippen LogP contribution in [-0.2, 0) is 11.3 Å². The zero-order valence-corrected chi connectivity index (χ0v) is 13.1. The van der Waals surface area contributed by atoms with Crippen LogP contribution in [0.15, 0.2) is 22.7 Å². The minimum atomic E-state index is 0.281. The molecule has 1 aromatic rings. The van der Waals surface area contributed by atoms with Crippen molar-refractivity contribution in [2.24, 2.45) is 0 Å². The lowest BCUT2D eigenvalue weighted by Gasteiger charge is -2.28. The van der Waals surface area contributed by atoms with Crippen molar-refractivity contribution in [2.75, 3.05) is 40.4 Å². The van der Waals surface area contributed by atoms with Gasteiger partial charge >= 0.3 is 0 Å². The molecule has 0 aromatic heterocycles. The number of halogens is 1. The molecule has 4 nitrogen and oxygen atoms in total. The highest BCUT2D eigenvalue weighted by atomic mass is 79.9. The van der Waals surface area contributed by atoms with Crippen molar-refractivity contribution in [1.29, 1.82) is 0 Å². The lowest BCUT2D eigenvalue weighted by atomic mass is 10.2. The maximum absolute atomic E-state index is 5.72. The molecule has 1 saturated heterocycles. The monoisotopic (exact) mass is 328 g/mol. The number of methoxy groups -OCH3 is 1. The summed E-state index contributed by atoms with van der Waals surface area (Å²) in [6.07, 6.45) is 0.281. The Labute approximate surface area is 123 Å². The van der Waals surface area contributed by atoms with E-state index < -0.39 is 0 Å². The molecular formula is C14H21BrN2O2. The minimum absolute atomic E-state index is 0.281. The number of rotatable bonds is 5. The van der Waals surface area contributed by atoms with Crippen LogP contribution in [0.4, 0.5) is 0 Å². The first-order chi connectivity index (χ1) is 9.19. The standard InChI is InChI=1S/C14H21BrN2O2/c1-17(10-13-8-16-5-6-19-13)9-11-7-12(18-2)3-4-14(11)15/h3-4,7,13,16H,5-6,8-10H2,1-2H3. The highest BCUT2D eigenvalue weighted by Crippen LogP contribution is 2.23. The number of benzene rings is 1. The fourth-order valence-corrected chi connectivity index (χ4v) is 2.61. The molecule has 2 rings (SSSR count). The van der Waals surface area contributed by atoms with Gasteiger partial charge in [-0.15, -0.1) is 0 Å². The molecule has 0 radical (unpaired) electrons. The SMILES string of the molecule is COc1ccc(Br)c(CN(C)CC2CNCCO2)c1. The van der Waals surface area contributed by atoms with Crippen LogP contribution in [0.5, 0.6) is 5.75 Å². The number of ether oxygens (including phenoxy) is 2. The molecule has 0 amide bonds. The van der Waals surface area contributed by atoms with E-state index in [9.17, 15) is 0 Å². The Morgan fingerprint density at radius 2 is 2.37 bits per heavy atom. The quantitative estimate of drug-likeness (QED) is 0.894. The Hall–Kier alpha value is -0.620. The van der Waals surface area contributed by atoms with Crippen molar-refractivity contribution in [2.45, 2.75) is 12.6 Å². The van der Waals surface area contributed by atoms with E-state index in [2.05, 4.69) is 39.3 Å². The molecular weight excluding hydrogens is 308 g/mol. The lowest BCUT2D eigenvalue weighted by Crippen LogP contribution is -2.44. The van der Waals surface area contributed by atoms with Crippen LogP contribution < -0.4 is 10.1 Å². The van der Waals surface area contributed by atoms with E-state index in [1.165, 1.54) is 5.56 Å². The summed E-state index contributed by atoms with van der Waals surface area (Å²) >= 11 is 3.59. The fourth-order valence-electron chi connectivity index (χ4n) is 2.24. The van der Waals surface area contributed by atoms with Crippen LogP contribution in [0, 0.1) is 0 Å². The highest BCUT2D eigenvalue weighted by molar-refractivity contribution is 9.10. The second kappa shape index (κ2) is 7.24. The molecule has 0 saturated carbocycles. The molecule has 1 heterocycles. The molecule has 0 spiro atoms. The predicted octanol–water partition coefficient (Wildman–Crippen LogP) is 1.88. The van der Waals surface area contributed by atoms with E-state index in [0.717, 1.165) is 43.0 Å². The van der Waals surface area contributed by atoms with E-state index >= 15 is 0 Å². The zero-order valence-electron chi connectivity index (χ0n) is 11.5. The Balaban J connectivity index is 1.92. The topological polar surface area (TPSA) is 33.7 Å². The average Bonchev–Trinajstić information content (AvgIpc) is 2.42. The minimum Gasteiger partial charge on any atom is -0.497 e. The number of nitrogens with one attached hydrogen (secondary N) is 1. The highest BCUT2D eigenvalue weighted by Gasteiger charge is 2.16. The largest absolute Gasteiger partial charge is 0.497 e. The molecule has 1 N–H and O–H groups in total. The van der Waals surface area contributed by atoms with Gasteiger partial charge in [0.15, 0.2) is 0 Å². The van der Waals surface area contributed by atoms with Crippen molar-refractivity contribution < 1.29 is 9.47 Å². The molecule has 19 heavy (non-hydrogen) atoms. The van der Waals surface area contributed by atoms with Gasteiger partial charge in [0.25, 0.3) is 0 Å². The summed E-state index contributed by atoms with van der Waals surface area (Å²) in [5.74, 6) is 0.891. The van der Waals surface area contributed by atoms with Crippen molar-refractivity contribution in [3.05, 3.63) is 28.2 Å². The zero-order chi connectivity index (χ0) is 13.7. The molecule has 1 atom stereocenters. The summed E-state index contributed by atoms with van der Waals surface area (Å²) in [5, 5.41) is 3.35. The van der Waals surface area contributed by atoms with Crippen LogP contribution in [0.2, 0.25) is 0 Å². The van der Waals surface area contributed by atoms with E-state index in [1.54, 1.807) is 7.11 Å².